The Morgan fingerprint density at radius 1 is 1.22 bits per heavy atom. The molecule has 1 atom stereocenters. The molecule has 0 aliphatic heterocycles. The minimum atomic E-state index is -0.198. The van der Waals surface area contributed by atoms with E-state index in [-0.39, 0.29) is 12.1 Å². The monoisotopic (exact) mass is 454 g/mol. The van der Waals surface area contributed by atoms with Crippen LogP contribution < -0.4 is 9.47 Å². The number of aryl methyl sites for hydroxylation is 2. The third-order valence-corrected chi connectivity index (χ3v) is 5.01. The van der Waals surface area contributed by atoms with Gasteiger partial charge in [0.2, 0.25) is 0 Å². The predicted molar refractivity (Wildman–Crippen MR) is 111 cm³/mol. The van der Waals surface area contributed by atoms with Gasteiger partial charge in [0.15, 0.2) is 0 Å². The molecule has 0 aliphatic rings. The van der Waals surface area contributed by atoms with Crippen molar-refractivity contribution in [1.29, 1.82) is 0 Å². The van der Waals surface area contributed by atoms with Gasteiger partial charge in [-0.25, -0.2) is 0 Å². The lowest BCUT2D eigenvalue weighted by Crippen LogP contribution is -2.16. The minimum Gasteiger partial charge on any atom is -0.493 e. The number of hydrogen-bond acceptors (Lipinski definition) is 4. The first-order chi connectivity index (χ1) is 12.9. The van der Waals surface area contributed by atoms with Crippen molar-refractivity contribution >= 4 is 33.5 Å². The molecule has 2 rings (SSSR count). The molecule has 2 aromatic rings. The number of esters is 1. The third kappa shape index (κ3) is 7.07. The Balaban J connectivity index is 1.80. The Morgan fingerprint density at radius 3 is 2.67 bits per heavy atom. The zero-order valence-corrected chi connectivity index (χ0v) is 18.1. The molecule has 0 unspecified atom stereocenters. The molecule has 27 heavy (non-hydrogen) atoms. The molecular formula is C21H24BrClO4. The quantitative estimate of drug-likeness (QED) is 0.451. The lowest BCUT2D eigenvalue weighted by atomic mass is 10.0. The number of rotatable bonds is 9. The van der Waals surface area contributed by atoms with Crippen molar-refractivity contribution in [3.8, 4) is 11.5 Å². The topological polar surface area (TPSA) is 44.8 Å². The first kappa shape index (κ1) is 21.6. The molecule has 146 valence electrons. The van der Waals surface area contributed by atoms with Crippen LogP contribution in [0.5, 0.6) is 11.5 Å². The van der Waals surface area contributed by atoms with Gasteiger partial charge in [-0.05, 0) is 77.7 Å². The molecule has 0 fully saturated rings. The molecule has 0 saturated carbocycles. The zero-order valence-electron chi connectivity index (χ0n) is 15.8. The Hall–Kier alpha value is -1.72. The number of methoxy groups -OCH3 is 1. The Morgan fingerprint density at radius 2 is 2.00 bits per heavy atom. The summed E-state index contributed by atoms with van der Waals surface area (Å²) >= 11 is 9.39. The van der Waals surface area contributed by atoms with Gasteiger partial charge in [0.25, 0.3) is 0 Å². The van der Waals surface area contributed by atoms with Crippen molar-refractivity contribution < 1.29 is 19.0 Å². The molecule has 0 aromatic heterocycles. The second-order valence-electron chi connectivity index (χ2n) is 6.30. The summed E-state index contributed by atoms with van der Waals surface area (Å²) in [6.45, 7) is 4.57. The molecule has 0 aliphatic carbocycles. The van der Waals surface area contributed by atoms with Crippen LogP contribution in [0.15, 0.2) is 40.9 Å². The van der Waals surface area contributed by atoms with Crippen LogP contribution in [0, 0.1) is 6.92 Å². The fraction of sp³-hybridized carbons (Fsp3) is 0.381. The van der Waals surface area contributed by atoms with E-state index in [1.54, 1.807) is 6.07 Å². The smallest absolute Gasteiger partial charge is 0.305 e. The van der Waals surface area contributed by atoms with Crippen molar-refractivity contribution in [2.45, 2.75) is 39.2 Å². The van der Waals surface area contributed by atoms with Gasteiger partial charge in [0.1, 0.15) is 11.5 Å². The first-order valence-corrected chi connectivity index (χ1v) is 9.97. The van der Waals surface area contributed by atoms with Crippen LogP contribution in [0.2, 0.25) is 5.02 Å². The summed E-state index contributed by atoms with van der Waals surface area (Å²) in [5, 5.41) is 0.663. The van der Waals surface area contributed by atoms with E-state index < -0.39 is 0 Å². The molecule has 0 spiro atoms. The van der Waals surface area contributed by atoms with Gasteiger partial charge in [0.05, 0.1) is 24.3 Å². The maximum absolute atomic E-state index is 11.3. The van der Waals surface area contributed by atoms with E-state index in [9.17, 15) is 4.79 Å². The summed E-state index contributed by atoms with van der Waals surface area (Å²) in [5.41, 5.74) is 2.22. The van der Waals surface area contributed by atoms with Crippen molar-refractivity contribution in [2.24, 2.45) is 0 Å². The Labute approximate surface area is 173 Å². The number of hydrogen-bond donors (Lipinski definition) is 0. The molecule has 0 N–H and O–H groups in total. The molecule has 4 nitrogen and oxygen atoms in total. The maximum atomic E-state index is 11.3. The normalized spacial score (nSPS) is 11.7. The lowest BCUT2D eigenvalue weighted by Gasteiger charge is -2.17. The van der Waals surface area contributed by atoms with Crippen molar-refractivity contribution in [1.82, 2.24) is 0 Å². The highest BCUT2D eigenvalue weighted by Gasteiger charge is 2.09. The fourth-order valence-corrected chi connectivity index (χ4v) is 3.34. The fourth-order valence-electron chi connectivity index (χ4n) is 2.57. The van der Waals surface area contributed by atoms with Gasteiger partial charge < -0.3 is 14.2 Å². The van der Waals surface area contributed by atoms with E-state index in [4.69, 9.17) is 21.1 Å². The maximum Gasteiger partial charge on any atom is 0.305 e. The Kier molecular flexibility index (Phi) is 8.45. The molecule has 0 amide bonds. The summed E-state index contributed by atoms with van der Waals surface area (Å²) in [5.74, 6) is 1.38. The number of carbonyl (C=O) groups is 1. The Bertz CT molecular complexity index is 779. The number of ether oxygens (including phenoxy) is 3. The van der Waals surface area contributed by atoms with Crippen molar-refractivity contribution in [3.63, 3.8) is 0 Å². The predicted octanol–water partition coefficient (Wildman–Crippen LogP) is 5.75. The van der Waals surface area contributed by atoms with E-state index in [2.05, 4.69) is 20.7 Å². The van der Waals surface area contributed by atoms with E-state index in [1.165, 1.54) is 7.11 Å². The molecule has 6 heteroatoms. The number of carbonyl (C=O) groups excluding carboxylic acids is 1. The minimum absolute atomic E-state index is 0.00269. The van der Waals surface area contributed by atoms with E-state index >= 15 is 0 Å². The highest BCUT2D eigenvalue weighted by Crippen LogP contribution is 2.29. The largest absolute Gasteiger partial charge is 0.493 e. The highest BCUT2D eigenvalue weighted by atomic mass is 79.9. The van der Waals surface area contributed by atoms with E-state index in [0.29, 0.717) is 24.5 Å². The van der Waals surface area contributed by atoms with Gasteiger partial charge >= 0.3 is 5.97 Å². The SMILES string of the molecule is COC(=O)CCc1ccc(OCC[C@H](C)Oc2ccc(Cl)cc2Br)cc1C. The van der Waals surface area contributed by atoms with E-state index in [0.717, 1.165) is 33.5 Å². The standard InChI is InChI=1S/C21H24BrClO4/c1-14-12-18(7-4-16(14)5-9-21(24)25-3)26-11-10-15(2)27-20-8-6-17(23)13-19(20)22/h4,6-8,12-13,15H,5,9-11H2,1-3H3/t15-/m0/s1. The lowest BCUT2D eigenvalue weighted by molar-refractivity contribution is -0.140. The summed E-state index contributed by atoms with van der Waals surface area (Å²) in [6.07, 6.45) is 1.80. The van der Waals surface area contributed by atoms with Crippen LogP contribution >= 0.6 is 27.5 Å². The van der Waals surface area contributed by atoms with Gasteiger partial charge in [0, 0.05) is 17.9 Å². The molecule has 0 saturated heterocycles. The van der Waals surface area contributed by atoms with Gasteiger partial charge in [-0.2, -0.15) is 0 Å². The summed E-state index contributed by atoms with van der Waals surface area (Å²) in [4.78, 5) is 11.3. The third-order valence-electron chi connectivity index (χ3n) is 4.16. The molecule has 0 heterocycles. The molecular weight excluding hydrogens is 432 g/mol. The average molecular weight is 456 g/mol. The van der Waals surface area contributed by atoms with Crippen LogP contribution in [-0.2, 0) is 16.0 Å². The second-order valence-corrected chi connectivity index (χ2v) is 7.60. The average Bonchev–Trinajstić information content (AvgIpc) is 2.63. The summed E-state index contributed by atoms with van der Waals surface area (Å²) in [6, 6.07) is 11.4. The first-order valence-electron chi connectivity index (χ1n) is 8.80. The van der Waals surface area contributed by atoms with E-state index in [1.807, 2.05) is 44.2 Å². The highest BCUT2D eigenvalue weighted by molar-refractivity contribution is 9.10. The van der Waals surface area contributed by atoms with Crippen LogP contribution in [0.4, 0.5) is 0 Å². The van der Waals surface area contributed by atoms with Crippen molar-refractivity contribution in [2.75, 3.05) is 13.7 Å². The second kappa shape index (κ2) is 10.6. The van der Waals surface area contributed by atoms with Crippen LogP contribution in [0.25, 0.3) is 0 Å². The number of benzene rings is 2. The van der Waals surface area contributed by atoms with Gasteiger partial charge in [-0.15, -0.1) is 0 Å². The van der Waals surface area contributed by atoms with Gasteiger partial charge in [-0.3, -0.25) is 4.79 Å². The molecule has 0 radical (unpaired) electrons. The van der Waals surface area contributed by atoms with Gasteiger partial charge in [-0.1, -0.05) is 17.7 Å². The zero-order chi connectivity index (χ0) is 19.8. The van der Waals surface area contributed by atoms with Crippen LogP contribution in [-0.4, -0.2) is 25.8 Å². The summed E-state index contributed by atoms with van der Waals surface area (Å²) in [7, 11) is 1.41. The summed E-state index contributed by atoms with van der Waals surface area (Å²) < 4.78 is 17.3. The van der Waals surface area contributed by atoms with Crippen LogP contribution in [0.3, 0.4) is 0 Å². The molecule has 2 aromatic carbocycles. The number of halogens is 2. The van der Waals surface area contributed by atoms with Crippen LogP contribution in [0.1, 0.15) is 30.9 Å². The van der Waals surface area contributed by atoms with Crippen molar-refractivity contribution in [3.05, 3.63) is 57.0 Å². The molecule has 0 bridgehead atoms.